The summed E-state index contributed by atoms with van der Waals surface area (Å²) < 4.78 is 13.0. The number of hydrogen-bond acceptors (Lipinski definition) is 2. The van der Waals surface area contributed by atoms with Crippen LogP contribution in [0.15, 0.2) is 48.5 Å². The molecule has 0 unspecified atom stereocenters. The molecular formula is C20H23ClFN3O. The van der Waals surface area contributed by atoms with Crippen LogP contribution in [0.2, 0.25) is 5.02 Å². The summed E-state index contributed by atoms with van der Waals surface area (Å²) in [6, 6.07) is 13.7. The summed E-state index contributed by atoms with van der Waals surface area (Å²) in [4.78, 5) is 14.0. The van der Waals surface area contributed by atoms with E-state index in [0.717, 1.165) is 37.1 Å². The van der Waals surface area contributed by atoms with Gasteiger partial charge < -0.3 is 5.32 Å². The van der Waals surface area contributed by atoms with Gasteiger partial charge in [0.1, 0.15) is 5.82 Å². The van der Waals surface area contributed by atoms with Gasteiger partial charge >= 0.3 is 6.03 Å². The van der Waals surface area contributed by atoms with Crippen LogP contribution >= 0.6 is 11.6 Å². The predicted molar refractivity (Wildman–Crippen MR) is 103 cm³/mol. The summed E-state index contributed by atoms with van der Waals surface area (Å²) in [7, 11) is 1.73. The average Bonchev–Trinajstić information content (AvgIpc) is 2.65. The Bertz CT molecular complexity index is 728. The second kappa shape index (κ2) is 8.52. The van der Waals surface area contributed by atoms with E-state index < -0.39 is 0 Å². The Morgan fingerprint density at radius 1 is 1.19 bits per heavy atom. The molecule has 26 heavy (non-hydrogen) atoms. The molecule has 0 spiro atoms. The fourth-order valence-electron chi connectivity index (χ4n) is 3.19. The molecule has 2 atom stereocenters. The number of hydrogen-bond donors (Lipinski definition) is 2. The maximum atomic E-state index is 13.0. The molecule has 2 aromatic rings. The van der Waals surface area contributed by atoms with Crippen LogP contribution < -0.4 is 15.5 Å². The molecule has 0 radical (unpaired) electrons. The highest BCUT2D eigenvalue weighted by Gasteiger charge is 2.23. The second-order valence-electron chi connectivity index (χ2n) is 6.72. The van der Waals surface area contributed by atoms with E-state index >= 15 is 0 Å². The molecule has 2 aromatic carbocycles. The number of benzene rings is 2. The molecule has 1 saturated heterocycles. The molecule has 0 aliphatic carbocycles. The molecule has 0 saturated carbocycles. The van der Waals surface area contributed by atoms with E-state index in [2.05, 4.69) is 10.6 Å². The zero-order valence-electron chi connectivity index (χ0n) is 14.7. The Hall–Kier alpha value is -2.11. The maximum absolute atomic E-state index is 13.0. The SMILES string of the molecule is CN(C(=O)N[C@H]1CC[C@H](Cc2ccc(F)cc2)CN1)c1ccc(Cl)cc1. The third-order valence-electron chi connectivity index (χ3n) is 4.77. The van der Waals surface area contributed by atoms with E-state index in [9.17, 15) is 9.18 Å². The van der Waals surface area contributed by atoms with Crippen molar-refractivity contribution in [3.8, 4) is 0 Å². The molecule has 1 fully saturated rings. The highest BCUT2D eigenvalue weighted by molar-refractivity contribution is 6.30. The van der Waals surface area contributed by atoms with E-state index in [1.54, 1.807) is 24.1 Å². The first-order chi connectivity index (χ1) is 12.5. The monoisotopic (exact) mass is 375 g/mol. The summed E-state index contributed by atoms with van der Waals surface area (Å²) in [5, 5.41) is 7.05. The number of piperidine rings is 1. The fraction of sp³-hybridized carbons (Fsp3) is 0.350. The van der Waals surface area contributed by atoms with Gasteiger partial charge in [-0.2, -0.15) is 0 Å². The van der Waals surface area contributed by atoms with Crippen molar-refractivity contribution in [1.82, 2.24) is 10.6 Å². The van der Waals surface area contributed by atoms with Gasteiger partial charge in [-0.05, 0) is 67.1 Å². The van der Waals surface area contributed by atoms with Crippen LogP contribution in [-0.4, -0.2) is 25.8 Å². The van der Waals surface area contributed by atoms with E-state index in [1.165, 1.54) is 12.1 Å². The quantitative estimate of drug-likeness (QED) is 0.841. The summed E-state index contributed by atoms with van der Waals surface area (Å²) in [5.74, 6) is 0.283. The number of halogens is 2. The van der Waals surface area contributed by atoms with Gasteiger partial charge in [0.05, 0.1) is 6.17 Å². The fourth-order valence-corrected chi connectivity index (χ4v) is 3.32. The molecule has 2 N–H and O–H groups in total. The number of nitrogens with one attached hydrogen (secondary N) is 2. The van der Waals surface area contributed by atoms with Crippen molar-refractivity contribution in [1.29, 1.82) is 0 Å². The van der Waals surface area contributed by atoms with Crippen molar-refractivity contribution < 1.29 is 9.18 Å². The third kappa shape index (κ3) is 4.96. The minimum absolute atomic E-state index is 0.0401. The molecule has 1 aliphatic rings. The average molecular weight is 376 g/mol. The number of anilines is 1. The van der Waals surface area contributed by atoms with Crippen LogP contribution in [0, 0.1) is 11.7 Å². The van der Waals surface area contributed by atoms with Gasteiger partial charge in [0.15, 0.2) is 0 Å². The summed E-state index contributed by atoms with van der Waals surface area (Å²) in [6.45, 7) is 0.826. The normalized spacial score (nSPS) is 19.8. The zero-order valence-corrected chi connectivity index (χ0v) is 15.5. The first-order valence-electron chi connectivity index (χ1n) is 8.79. The first kappa shape index (κ1) is 18.7. The van der Waals surface area contributed by atoms with E-state index in [0.29, 0.717) is 10.9 Å². The highest BCUT2D eigenvalue weighted by Crippen LogP contribution is 2.20. The van der Waals surface area contributed by atoms with Gasteiger partial charge in [0.2, 0.25) is 0 Å². The number of urea groups is 1. The molecule has 1 aliphatic heterocycles. The van der Waals surface area contributed by atoms with Gasteiger partial charge in [0, 0.05) is 24.3 Å². The van der Waals surface area contributed by atoms with Gasteiger partial charge in [-0.15, -0.1) is 0 Å². The minimum Gasteiger partial charge on any atom is -0.322 e. The Balaban J connectivity index is 1.46. The van der Waals surface area contributed by atoms with E-state index in [-0.39, 0.29) is 18.0 Å². The minimum atomic E-state index is -0.205. The maximum Gasteiger partial charge on any atom is 0.322 e. The van der Waals surface area contributed by atoms with Crippen LogP contribution in [-0.2, 0) is 6.42 Å². The van der Waals surface area contributed by atoms with E-state index in [1.807, 2.05) is 24.3 Å². The molecular weight excluding hydrogens is 353 g/mol. The Morgan fingerprint density at radius 3 is 2.50 bits per heavy atom. The number of carbonyl (C=O) groups excluding carboxylic acids is 1. The molecule has 6 heteroatoms. The first-order valence-corrected chi connectivity index (χ1v) is 9.16. The van der Waals surface area contributed by atoms with Crippen molar-refractivity contribution >= 4 is 23.3 Å². The molecule has 2 amide bonds. The number of carbonyl (C=O) groups is 1. The number of rotatable bonds is 4. The van der Waals surface area contributed by atoms with Gasteiger partial charge in [-0.3, -0.25) is 10.2 Å². The summed E-state index contributed by atoms with van der Waals surface area (Å²) >= 11 is 5.88. The van der Waals surface area contributed by atoms with Crippen LogP contribution in [0.1, 0.15) is 18.4 Å². The standard InChI is InChI=1S/C20H23ClFN3O/c1-25(18-9-5-16(21)6-10-18)20(26)24-19-11-4-15(13-23-19)12-14-2-7-17(22)8-3-14/h2-3,5-10,15,19,23H,4,11-13H2,1H3,(H,24,26)/t15-,19+/m1/s1. The van der Waals surface area contributed by atoms with Gasteiger partial charge in [-0.25, -0.2) is 9.18 Å². The van der Waals surface area contributed by atoms with Crippen molar-refractivity contribution in [2.24, 2.45) is 5.92 Å². The Labute approximate surface area is 158 Å². The molecule has 138 valence electrons. The predicted octanol–water partition coefficient (Wildman–Crippen LogP) is 4.19. The lowest BCUT2D eigenvalue weighted by molar-refractivity contribution is 0.228. The zero-order chi connectivity index (χ0) is 18.5. The summed E-state index contributed by atoms with van der Waals surface area (Å²) in [5.41, 5.74) is 1.93. The topological polar surface area (TPSA) is 44.4 Å². The number of amides is 2. The largest absolute Gasteiger partial charge is 0.322 e. The van der Waals surface area contributed by atoms with Crippen molar-refractivity contribution in [3.63, 3.8) is 0 Å². The second-order valence-corrected chi connectivity index (χ2v) is 7.16. The summed E-state index contributed by atoms with van der Waals surface area (Å²) in [6.07, 6.45) is 2.76. The van der Waals surface area contributed by atoms with Crippen LogP contribution in [0.25, 0.3) is 0 Å². The van der Waals surface area contributed by atoms with Crippen LogP contribution in [0.4, 0.5) is 14.9 Å². The van der Waals surface area contributed by atoms with Crippen LogP contribution in [0.3, 0.4) is 0 Å². The Morgan fingerprint density at radius 2 is 1.88 bits per heavy atom. The van der Waals surface area contributed by atoms with Gasteiger partial charge in [-0.1, -0.05) is 23.7 Å². The molecule has 1 heterocycles. The lowest BCUT2D eigenvalue weighted by Gasteiger charge is -2.31. The van der Waals surface area contributed by atoms with E-state index in [4.69, 9.17) is 11.6 Å². The molecule has 0 aromatic heterocycles. The van der Waals surface area contributed by atoms with Gasteiger partial charge in [0.25, 0.3) is 0 Å². The van der Waals surface area contributed by atoms with Crippen molar-refractivity contribution in [3.05, 3.63) is 64.9 Å². The molecule has 3 rings (SSSR count). The smallest absolute Gasteiger partial charge is 0.322 e. The molecule has 0 bridgehead atoms. The van der Waals surface area contributed by atoms with Crippen molar-refractivity contribution in [2.75, 3.05) is 18.5 Å². The highest BCUT2D eigenvalue weighted by atomic mass is 35.5. The van der Waals surface area contributed by atoms with Crippen LogP contribution in [0.5, 0.6) is 0 Å². The van der Waals surface area contributed by atoms with Crippen molar-refractivity contribution in [2.45, 2.75) is 25.4 Å². The lowest BCUT2D eigenvalue weighted by Crippen LogP contribution is -2.53. The Kier molecular flexibility index (Phi) is 6.12. The lowest BCUT2D eigenvalue weighted by atomic mass is 9.91. The third-order valence-corrected chi connectivity index (χ3v) is 5.02. The number of nitrogens with zero attached hydrogens (tertiary/aromatic N) is 1. The molecule has 4 nitrogen and oxygen atoms in total.